The van der Waals surface area contributed by atoms with Crippen LogP contribution in [0, 0.1) is 29.7 Å². The van der Waals surface area contributed by atoms with E-state index >= 15 is 0 Å². The van der Waals surface area contributed by atoms with Gasteiger partial charge in [-0.05, 0) is 30.0 Å². The molecule has 0 radical (unpaired) electrons. The van der Waals surface area contributed by atoms with Crippen LogP contribution in [0.25, 0.3) is 10.8 Å². The summed E-state index contributed by atoms with van der Waals surface area (Å²) in [6, 6.07) is 7.47. The Bertz CT molecular complexity index is 815. The van der Waals surface area contributed by atoms with Crippen molar-refractivity contribution in [2.75, 3.05) is 18.4 Å². The highest BCUT2D eigenvalue weighted by molar-refractivity contribution is 5.94. The molecule has 1 fully saturated rings. The zero-order valence-corrected chi connectivity index (χ0v) is 11.9. The van der Waals surface area contributed by atoms with E-state index in [1.54, 1.807) is 11.1 Å². The van der Waals surface area contributed by atoms with Crippen molar-refractivity contribution in [3.8, 4) is 18.5 Å². The molecule has 108 valence electrons. The molecule has 1 atom stereocenters. The van der Waals surface area contributed by atoms with Crippen molar-refractivity contribution in [3.05, 3.63) is 36.0 Å². The van der Waals surface area contributed by atoms with E-state index in [9.17, 15) is 4.79 Å². The van der Waals surface area contributed by atoms with Gasteiger partial charge in [0, 0.05) is 30.2 Å². The Morgan fingerprint density at radius 3 is 3.00 bits per heavy atom. The second-order valence-electron chi connectivity index (χ2n) is 5.30. The maximum absolute atomic E-state index is 12.2. The van der Waals surface area contributed by atoms with Crippen molar-refractivity contribution in [2.45, 2.75) is 6.42 Å². The number of likely N-dealkylation sites (tertiary alicyclic amines) is 1. The van der Waals surface area contributed by atoms with Crippen LogP contribution in [0.1, 0.15) is 12.0 Å². The maximum atomic E-state index is 12.2. The molecule has 5 heteroatoms. The first-order valence-corrected chi connectivity index (χ1v) is 7.01. The summed E-state index contributed by atoms with van der Waals surface area (Å²) in [6.07, 6.45) is 9.87. The highest BCUT2D eigenvalue weighted by atomic mass is 16.2. The summed E-state index contributed by atoms with van der Waals surface area (Å²) >= 11 is 0. The summed E-state index contributed by atoms with van der Waals surface area (Å²) in [6.45, 7) is 1.10. The van der Waals surface area contributed by atoms with E-state index in [-0.39, 0.29) is 11.8 Å². The van der Waals surface area contributed by atoms with E-state index < -0.39 is 0 Å². The number of hydrogen-bond donors (Lipinski definition) is 1. The lowest BCUT2D eigenvalue weighted by atomic mass is 10.1. The molecule has 2 heterocycles. The number of pyridine rings is 1. The number of rotatable bonds is 2. The quantitative estimate of drug-likeness (QED) is 0.678. The third kappa shape index (κ3) is 2.70. The first-order chi connectivity index (χ1) is 10.7. The molecule has 5 nitrogen and oxygen atoms in total. The predicted molar refractivity (Wildman–Crippen MR) is 83.6 cm³/mol. The van der Waals surface area contributed by atoms with Gasteiger partial charge in [0.1, 0.15) is 5.82 Å². The van der Waals surface area contributed by atoms with Gasteiger partial charge < -0.3 is 10.2 Å². The Labute approximate surface area is 128 Å². The van der Waals surface area contributed by atoms with Gasteiger partial charge in [-0.1, -0.05) is 12.0 Å². The van der Waals surface area contributed by atoms with Gasteiger partial charge in [-0.3, -0.25) is 4.79 Å². The van der Waals surface area contributed by atoms with Crippen molar-refractivity contribution < 1.29 is 4.79 Å². The Morgan fingerprint density at radius 2 is 2.27 bits per heavy atom. The van der Waals surface area contributed by atoms with Crippen LogP contribution in [0.3, 0.4) is 0 Å². The van der Waals surface area contributed by atoms with Crippen LogP contribution in [0.4, 0.5) is 5.82 Å². The first kappa shape index (κ1) is 13.9. The van der Waals surface area contributed by atoms with E-state index in [1.807, 2.05) is 24.3 Å². The number of benzene rings is 1. The number of terminal acetylenes is 1. The molecule has 22 heavy (non-hydrogen) atoms. The minimum atomic E-state index is -0.172. The summed E-state index contributed by atoms with van der Waals surface area (Å²) in [5, 5.41) is 13.6. The molecule has 1 aliphatic heterocycles. The zero-order valence-electron chi connectivity index (χ0n) is 11.9. The summed E-state index contributed by atoms with van der Waals surface area (Å²) in [5.41, 5.74) is 0.788. The number of anilines is 1. The number of carbonyl (C=O) groups excluding carboxylic acids is 1. The highest BCUT2D eigenvalue weighted by Crippen LogP contribution is 2.20. The highest BCUT2D eigenvalue weighted by Gasteiger charge is 2.27. The molecule has 0 saturated carbocycles. The summed E-state index contributed by atoms with van der Waals surface area (Å²) in [4.78, 5) is 18.1. The molecule has 1 N–H and O–H groups in total. The van der Waals surface area contributed by atoms with E-state index in [0.717, 1.165) is 16.3 Å². The smallest absolute Gasteiger partial charge is 0.230 e. The summed E-state index contributed by atoms with van der Waals surface area (Å²) in [5.74, 6) is 2.82. The SMILES string of the molecule is C#Cc1ccc2cnc(NC(=O)C3CCN(C#N)C3)cc2c1. The average Bonchev–Trinajstić information content (AvgIpc) is 3.03. The molecular weight excluding hydrogens is 276 g/mol. The maximum Gasteiger partial charge on any atom is 0.230 e. The lowest BCUT2D eigenvalue weighted by molar-refractivity contribution is -0.119. The van der Waals surface area contributed by atoms with Gasteiger partial charge in [0.25, 0.3) is 0 Å². The number of aromatic nitrogens is 1. The average molecular weight is 290 g/mol. The van der Waals surface area contributed by atoms with Crippen LogP contribution >= 0.6 is 0 Å². The van der Waals surface area contributed by atoms with Crippen LogP contribution in [-0.2, 0) is 4.79 Å². The number of hydrogen-bond acceptors (Lipinski definition) is 4. The van der Waals surface area contributed by atoms with Crippen LogP contribution in [0.15, 0.2) is 30.5 Å². The van der Waals surface area contributed by atoms with Gasteiger partial charge in [0.15, 0.2) is 6.19 Å². The Morgan fingerprint density at radius 1 is 1.41 bits per heavy atom. The van der Waals surface area contributed by atoms with E-state index in [1.165, 1.54) is 0 Å². The molecule has 1 amide bonds. The molecule has 0 bridgehead atoms. The Kier molecular flexibility index (Phi) is 3.64. The monoisotopic (exact) mass is 290 g/mol. The molecule has 1 aliphatic rings. The third-order valence-electron chi connectivity index (χ3n) is 3.84. The van der Waals surface area contributed by atoms with Gasteiger partial charge in [0.05, 0.1) is 5.92 Å². The number of amides is 1. The van der Waals surface area contributed by atoms with Gasteiger partial charge in [-0.2, -0.15) is 5.26 Å². The predicted octanol–water partition coefficient (Wildman–Crippen LogP) is 1.96. The fourth-order valence-electron chi connectivity index (χ4n) is 2.59. The fraction of sp³-hybridized carbons (Fsp3) is 0.235. The zero-order chi connectivity index (χ0) is 15.5. The molecule has 1 saturated heterocycles. The summed E-state index contributed by atoms with van der Waals surface area (Å²) in [7, 11) is 0. The number of fused-ring (bicyclic) bond motifs is 1. The standard InChI is InChI=1S/C17H14N4O/c1-2-12-3-4-13-9-19-16(8-15(13)7-12)20-17(22)14-5-6-21(10-14)11-18/h1,3-4,7-9,14H,5-6,10H2,(H,19,20,22). The number of nitrogens with one attached hydrogen (secondary N) is 1. The molecule has 0 aliphatic carbocycles. The lowest BCUT2D eigenvalue weighted by Crippen LogP contribution is -2.25. The van der Waals surface area contributed by atoms with E-state index in [0.29, 0.717) is 25.3 Å². The largest absolute Gasteiger partial charge is 0.310 e. The number of carbonyl (C=O) groups is 1. The van der Waals surface area contributed by atoms with Gasteiger partial charge >= 0.3 is 0 Å². The molecule has 1 aromatic carbocycles. The Hall–Kier alpha value is -3.05. The van der Waals surface area contributed by atoms with Crippen LogP contribution in [0.5, 0.6) is 0 Å². The van der Waals surface area contributed by atoms with Crippen molar-refractivity contribution in [3.63, 3.8) is 0 Å². The molecule has 1 aromatic heterocycles. The fourth-order valence-corrected chi connectivity index (χ4v) is 2.59. The minimum Gasteiger partial charge on any atom is -0.310 e. The molecule has 0 spiro atoms. The van der Waals surface area contributed by atoms with E-state index in [2.05, 4.69) is 22.4 Å². The second kappa shape index (κ2) is 5.75. The van der Waals surface area contributed by atoms with Gasteiger partial charge in [0.2, 0.25) is 5.91 Å². The normalized spacial score (nSPS) is 17.0. The Balaban J connectivity index is 1.78. The number of nitriles is 1. The third-order valence-corrected chi connectivity index (χ3v) is 3.84. The van der Waals surface area contributed by atoms with Gasteiger partial charge in [-0.15, -0.1) is 6.42 Å². The molecule has 1 unspecified atom stereocenters. The number of nitrogens with zero attached hydrogens (tertiary/aromatic N) is 3. The topological polar surface area (TPSA) is 69.0 Å². The van der Waals surface area contributed by atoms with Crippen molar-refractivity contribution >= 4 is 22.5 Å². The van der Waals surface area contributed by atoms with Crippen molar-refractivity contribution in [1.29, 1.82) is 5.26 Å². The van der Waals surface area contributed by atoms with Gasteiger partial charge in [-0.25, -0.2) is 4.98 Å². The van der Waals surface area contributed by atoms with E-state index in [4.69, 9.17) is 11.7 Å². The molecule has 3 rings (SSSR count). The van der Waals surface area contributed by atoms with Crippen LogP contribution in [-0.4, -0.2) is 28.9 Å². The lowest BCUT2D eigenvalue weighted by Gasteiger charge is -2.10. The van der Waals surface area contributed by atoms with Crippen molar-refractivity contribution in [2.24, 2.45) is 5.92 Å². The summed E-state index contributed by atoms with van der Waals surface area (Å²) < 4.78 is 0. The minimum absolute atomic E-state index is 0.0993. The first-order valence-electron chi connectivity index (χ1n) is 7.01. The molecular formula is C17H14N4O. The van der Waals surface area contributed by atoms with Crippen LogP contribution in [0.2, 0.25) is 0 Å². The van der Waals surface area contributed by atoms with Crippen molar-refractivity contribution in [1.82, 2.24) is 9.88 Å². The second-order valence-corrected chi connectivity index (χ2v) is 5.30. The molecule has 2 aromatic rings. The van der Waals surface area contributed by atoms with Crippen LogP contribution < -0.4 is 5.32 Å².